The highest BCUT2D eigenvalue weighted by Crippen LogP contribution is 2.28. The quantitative estimate of drug-likeness (QED) is 0.556. The first kappa shape index (κ1) is 20.3. The highest BCUT2D eigenvalue weighted by Gasteiger charge is 2.23. The van der Waals surface area contributed by atoms with Gasteiger partial charge in [-0.3, -0.25) is 9.59 Å². The van der Waals surface area contributed by atoms with Gasteiger partial charge in [0.25, 0.3) is 5.91 Å². The van der Waals surface area contributed by atoms with Gasteiger partial charge in [-0.05, 0) is 36.4 Å². The molecule has 0 unspecified atom stereocenters. The van der Waals surface area contributed by atoms with E-state index in [1.165, 1.54) is 6.07 Å². The number of primary amides is 1. The number of carbonyl (C=O) groups excluding carboxylic acids is 2. The van der Waals surface area contributed by atoms with Crippen LogP contribution < -0.4 is 21.3 Å². The van der Waals surface area contributed by atoms with Gasteiger partial charge < -0.3 is 25.7 Å². The van der Waals surface area contributed by atoms with Crippen LogP contribution in [0.15, 0.2) is 46.9 Å². The summed E-state index contributed by atoms with van der Waals surface area (Å²) in [6.07, 6.45) is 0. The number of oxazole rings is 1. The van der Waals surface area contributed by atoms with Gasteiger partial charge in [-0.15, -0.1) is 0 Å². The molecule has 1 aliphatic rings. The SMILES string of the molecule is NC(=O)c1nc(-c2c(F)cccc2F)oc1CNc1ccc(N2CCNC(=O)C2)cc1. The van der Waals surface area contributed by atoms with Gasteiger partial charge in [-0.25, -0.2) is 13.8 Å². The third-order valence-electron chi connectivity index (χ3n) is 4.83. The molecule has 2 amide bonds. The first-order valence-corrected chi connectivity index (χ1v) is 9.52. The van der Waals surface area contributed by atoms with Crippen LogP contribution in [0.3, 0.4) is 0 Å². The number of nitrogens with two attached hydrogens (primary N) is 1. The van der Waals surface area contributed by atoms with Crippen LogP contribution in [0.2, 0.25) is 0 Å². The Morgan fingerprint density at radius 1 is 1.19 bits per heavy atom. The fourth-order valence-electron chi connectivity index (χ4n) is 3.30. The van der Waals surface area contributed by atoms with Crippen LogP contribution >= 0.6 is 0 Å². The minimum atomic E-state index is -0.873. The topological polar surface area (TPSA) is 113 Å². The summed E-state index contributed by atoms with van der Waals surface area (Å²) in [4.78, 5) is 29.1. The maximum absolute atomic E-state index is 14.0. The Bertz CT molecular complexity index is 1110. The van der Waals surface area contributed by atoms with Crippen molar-refractivity contribution in [3.8, 4) is 11.5 Å². The molecule has 10 heteroatoms. The maximum atomic E-state index is 14.0. The number of nitrogens with zero attached hydrogens (tertiary/aromatic N) is 2. The lowest BCUT2D eigenvalue weighted by atomic mass is 10.2. The molecular formula is C21H19F2N5O3. The molecule has 1 saturated heterocycles. The number of hydrogen-bond donors (Lipinski definition) is 3. The first-order chi connectivity index (χ1) is 14.9. The zero-order chi connectivity index (χ0) is 22.0. The predicted molar refractivity (Wildman–Crippen MR) is 109 cm³/mol. The molecule has 0 bridgehead atoms. The smallest absolute Gasteiger partial charge is 0.271 e. The summed E-state index contributed by atoms with van der Waals surface area (Å²) in [6.45, 7) is 1.62. The number of halogens is 2. The standard InChI is InChI=1S/C21H19F2N5O3/c22-14-2-1-3-15(23)18(14)21-27-19(20(24)30)16(31-21)10-26-12-4-6-13(7-5-12)28-9-8-25-17(29)11-28/h1-7,26H,8-11H2,(H2,24,30)(H,25,29). The van der Waals surface area contributed by atoms with E-state index in [-0.39, 0.29) is 29.8 Å². The van der Waals surface area contributed by atoms with Crippen molar-refractivity contribution in [2.24, 2.45) is 5.73 Å². The summed E-state index contributed by atoms with van der Waals surface area (Å²) in [5.41, 5.74) is 6.28. The largest absolute Gasteiger partial charge is 0.438 e. The summed E-state index contributed by atoms with van der Waals surface area (Å²) < 4.78 is 33.6. The Morgan fingerprint density at radius 2 is 1.90 bits per heavy atom. The lowest BCUT2D eigenvalue weighted by Gasteiger charge is -2.28. The van der Waals surface area contributed by atoms with E-state index >= 15 is 0 Å². The van der Waals surface area contributed by atoms with Crippen LogP contribution in [-0.2, 0) is 11.3 Å². The Labute approximate surface area is 176 Å². The number of piperazine rings is 1. The van der Waals surface area contributed by atoms with Crippen LogP contribution in [0.5, 0.6) is 0 Å². The highest BCUT2D eigenvalue weighted by molar-refractivity contribution is 5.92. The lowest BCUT2D eigenvalue weighted by Crippen LogP contribution is -2.47. The van der Waals surface area contributed by atoms with E-state index in [1.807, 2.05) is 17.0 Å². The molecule has 1 fully saturated rings. The Morgan fingerprint density at radius 3 is 2.55 bits per heavy atom. The number of nitrogens with one attached hydrogen (secondary N) is 2. The van der Waals surface area contributed by atoms with Crippen molar-refractivity contribution in [3.05, 3.63) is 65.6 Å². The zero-order valence-electron chi connectivity index (χ0n) is 16.3. The third-order valence-corrected chi connectivity index (χ3v) is 4.83. The van der Waals surface area contributed by atoms with E-state index in [9.17, 15) is 18.4 Å². The van der Waals surface area contributed by atoms with Crippen LogP contribution in [-0.4, -0.2) is 36.4 Å². The molecule has 0 spiro atoms. The van der Waals surface area contributed by atoms with Crippen molar-refractivity contribution in [2.45, 2.75) is 6.54 Å². The maximum Gasteiger partial charge on any atom is 0.271 e. The van der Waals surface area contributed by atoms with Crippen molar-refractivity contribution in [3.63, 3.8) is 0 Å². The summed E-state index contributed by atoms with van der Waals surface area (Å²) >= 11 is 0. The molecule has 4 rings (SSSR count). The number of hydrogen-bond acceptors (Lipinski definition) is 6. The van der Waals surface area contributed by atoms with Gasteiger partial charge in [0.15, 0.2) is 11.5 Å². The van der Waals surface area contributed by atoms with E-state index < -0.39 is 23.1 Å². The molecule has 1 aromatic heterocycles. The molecule has 31 heavy (non-hydrogen) atoms. The van der Waals surface area contributed by atoms with Crippen LogP contribution in [0.25, 0.3) is 11.5 Å². The molecule has 3 aromatic rings. The van der Waals surface area contributed by atoms with Crippen LogP contribution in [0, 0.1) is 11.6 Å². The van der Waals surface area contributed by atoms with Crippen molar-refractivity contribution in [1.82, 2.24) is 10.3 Å². The molecule has 8 nitrogen and oxygen atoms in total. The van der Waals surface area contributed by atoms with Crippen molar-refractivity contribution in [1.29, 1.82) is 0 Å². The van der Waals surface area contributed by atoms with Gasteiger partial charge in [-0.1, -0.05) is 6.07 Å². The second kappa shape index (κ2) is 8.42. The van der Waals surface area contributed by atoms with Gasteiger partial charge in [0.2, 0.25) is 11.8 Å². The molecule has 2 heterocycles. The lowest BCUT2D eigenvalue weighted by molar-refractivity contribution is -0.120. The second-order valence-electron chi connectivity index (χ2n) is 6.92. The minimum Gasteiger partial charge on any atom is -0.438 e. The number of aromatic nitrogens is 1. The van der Waals surface area contributed by atoms with Crippen molar-refractivity contribution in [2.75, 3.05) is 29.9 Å². The average molecular weight is 427 g/mol. The molecule has 0 atom stereocenters. The Hall–Kier alpha value is -3.95. The van der Waals surface area contributed by atoms with Crippen molar-refractivity contribution >= 4 is 23.2 Å². The van der Waals surface area contributed by atoms with E-state index in [2.05, 4.69) is 15.6 Å². The fraction of sp³-hybridized carbons (Fsp3) is 0.190. The van der Waals surface area contributed by atoms with E-state index in [0.717, 1.165) is 17.8 Å². The summed E-state index contributed by atoms with van der Waals surface area (Å²) in [7, 11) is 0. The predicted octanol–water partition coefficient (Wildman–Crippen LogP) is 2.27. The normalized spacial score (nSPS) is 13.7. The van der Waals surface area contributed by atoms with E-state index in [0.29, 0.717) is 25.3 Å². The van der Waals surface area contributed by atoms with Gasteiger partial charge in [-0.2, -0.15) is 0 Å². The highest BCUT2D eigenvalue weighted by atomic mass is 19.1. The van der Waals surface area contributed by atoms with E-state index in [1.54, 1.807) is 12.1 Å². The zero-order valence-corrected chi connectivity index (χ0v) is 16.3. The second-order valence-corrected chi connectivity index (χ2v) is 6.92. The Kier molecular flexibility index (Phi) is 5.52. The molecule has 2 aromatic carbocycles. The van der Waals surface area contributed by atoms with Crippen LogP contribution in [0.1, 0.15) is 16.2 Å². The van der Waals surface area contributed by atoms with Gasteiger partial charge >= 0.3 is 0 Å². The minimum absolute atomic E-state index is 0.0206. The molecule has 0 saturated carbocycles. The third kappa shape index (κ3) is 4.32. The molecular weight excluding hydrogens is 408 g/mol. The molecule has 1 aliphatic heterocycles. The molecule has 160 valence electrons. The number of amides is 2. The summed E-state index contributed by atoms with van der Waals surface area (Å²) in [5, 5.41) is 5.84. The Balaban J connectivity index is 1.51. The monoisotopic (exact) mass is 427 g/mol. The van der Waals surface area contributed by atoms with Crippen molar-refractivity contribution < 1.29 is 22.8 Å². The first-order valence-electron chi connectivity index (χ1n) is 9.52. The summed E-state index contributed by atoms with van der Waals surface area (Å²) in [6, 6.07) is 10.7. The van der Waals surface area contributed by atoms with Gasteiger partial charge in [0.05, 0.1) is 13.1 Å². The van der Waals surface area contributed by atoms with Gasteiger partial charge in [0, 0.05) is 24.5 Å². The number of benzene rings is 2. The number of rotatable bonds is 6. The molecule has 0 radical (unpaired) electrons. The molecule has 4 N–H and O–H groups in total. The molecule has 0 aliphatic carbocycles. The van der Waals surface area contributed by atoms with E-state index in [4.69, 9.17) is 10.2 Å². The average Bonchev–Trinajstić information content (AvgIpc) is 3.17. The summed E-state index contributed by atoms with van der Waals surface area (Å²) in [5.74, 6) is -2.93. The number of anilines is 2. The number of carbonyl (C=O) groups is 2. The van der Waals surface area contributed by atoms with Gasteiger partial charge in [0.1, 0.15) is 17.2 Å². The fourth-order valence-corrected chi connectivity index (χ4v) is 3.30. The van der Waals surface area contributed by atoms with Crippen LogP contribution in [0.4, 0.5) is 20.2 Å².